The molecule has 0 aliphatic heterocycles. The lowest BCUT2D eigenvalue weighted by molar-refractivity contribution is 0.412. The van der Waals surface area contributed by atoms with Crippen molar-refractivity contribution in [1.29, 1.82) is 0 Å². The van der Waals surface area contributed by atoms with Crippen molar-refractivity contribution < 1.29 is 4.74 Å². The zero-order chi connectivity index (χ0) is 12.3. The summed E-state index contributed by atoms with van der Waals surface area (Å²) in [6.07, 6.45) is 0. The van der Waals surface area contributed by atoms with E-state index in [0.717, 1.165) is 28.1 Å². The first kappa shape index (κ1) is 12.4. The van der Waals surface area contributed by atoms with Gasteiger partial charge in [0.15, 0.2) is 0 Å². The van der Waals surface area contributed by atoms with E-state index in [2.05, 4.69) is 26.2 Å². The molecule has 0 unspecified atom stereocenters. The fraction of sp³-hybridized carbons (Fsp3) is 0.250. The number of methoxy groups -OCH3 is 1. The van der Waals surface area contributed by atoms with E-state index in [9.17, 15) is 0 Å². The number of thiazole rings is 1. The number of aryl methyl sites for hydroxylation is 1. The van der Waals surface area contributed by atoms with Crippen molar-refractivity contribution in [2.45, 2.75) is 13.5 Å². The van der Waals surface area contributed by atoms with Gasteiger partial charge in [0.1, 0.15) is 5.75 Å². The molecule has 1 N–H and O–H groups in total. The van der Waals surface area contributed by atoms with Crippen LogP contribution in [0.5, 0.6) is 5.75 Å². The molecule has 1 aromatic carbocycles. The quantitative estimate of drug-likeness (QED) is 0.931. The minimum Gasteiger partial charge on any atom is -0.495 e. The lowest BCUT2D eigenvalue weighted by Gasteiger charge is -2.08. The number of anilines is 1. The second-order valence-electron chi connectivity index (χ2n) is 3.56. The summed E-state index contributed by atoms with van der Waals surface area (Å²) in [6.45, 7) is 2.82. The summed E-state index contributed by atoms with van der Waals surface area (Å²) >= 11 is 5.10. The summed E-state index contributed by atoms with van der Waals surface area (Å²) in [5, 5.41) is 3.36. The van der Waals surface area contributed by atoms with Crippen molar-refractivity contribution in [3.63, 3.8) is 0 Å². The number of aromatic nitrogens is 1. The standard InChI is InChI=1S/C12H13BrN2OS/c1-8-12(17-7-15-8)6-14-9-3-4-10(13)11(5-9)16-2/h3-5,7,14H,6H2,1-2H3. The van der Waals surface area contributed by atoms with Gasteiger partial charge in [-0.3, -0.25) is 0 Å². The normalized spacial score (nSPS) is 10.3. The van der Waals surface area contributed by atoms with E-state index >= 15 is 0 Å². The van der Waals surface area contributed by atoms with Crippen LogP contribution in [-0.2, 0) is 6.54 Å². The van der Waals surface area contributed by atoms with E-state index in [4.69, 9.17) is 4.74 Å². The summed E-state index contributed by atoms with van der Waals surface area (Å²) in [5.74, 6) is 0.830. The maximum absolute atomic E-state index is 5.25. The van der Waals surface area contributed by atoms with Crippen molar-refractivity contribution >= 4 is 33.0 Å². The first-order valence-corrected chi connectivity index (χ1v) is 6.84. The van der Waals surface area contributed by atoms with Crippen LogP contribution in [-0.4, -0.2) is 12.1 Å². The Morgan fingerprint density at radius 2 is 2.29 bits per heavy atom. The lowest BCUT2D eigenvalue weighted by atomic mass is 10.3. The van der Waals surface area contributed by atoms with Gasteiger partial charge in [0.25, 0.3) is 0 Å². The van der Waals surface area contributed by atoms with Crippen LogP contribution in [0.2, 0.25) is 0 Å². The van der Waals surface area contributed by atoms with Crippen molar-refractivity contribution in [3.8, 4) is 5.75 Å². The molecular weight excluding hydrogens is 300 g/mol. The van der Waals surface area contributed by atoms with Crippen molar-refractivity contribution in [1.82, 2.24) is 4.98 Å². The highest BCUT2D eigenvalue weighted by atomic mass is 79.9. The maximum Gasteiger partial charge on any atom is 0.135 e. The molecule has 0 aliphatic rings. The van der Waals surface area contributed by atoms with Crippen LogP contribution in [0.1, 0.15) is 10.6 Å². The number of nitrogens with zero attached hydrogens (tertiary/aromatic N) is 1. The Morgan fingerprint density at radius 1 is 1.47 bits per heavy atom. The minimum absolute atomic E-state index is 0.793. The highest BCUT2D eigenvalue weighted by molar-refractivity contribution is 9.10. The van der Waals surface area contributed by atoms with Gasteiger partial charge in [-0.15, -0.1) is 11.3 Å². The highest BCUT2D eigenvalue weighted by Gasteiger charge is 2.03. The molecule has 0 radical (unpaired) electrons. The van der Waals surface area contributed by atoms with Crippen LogP contribution in [0, 0.1) is 6.92 Å². The molecule has 0 fully saturated rings. The number of rotatable bonds is 4. The molecule has 5 heteroatoms. The zero-order valence-electron chi connectivity index (χ0n) is 9.66. The molecule has 90 valence electrons. The molecule has 2 rings (SSSR count). The van der Waals surface area contributed by atoms with Gasteiger partial charge in [0.2, 0.25) is 0 Å². The molecule has 0 saturated heterocycles. The third kappa shape index (κ3) is 2.98. The molecule has 0 atom stereocenters. The predicted molar refractivity (Wildman–Crippen MR) is 74.9 cm³/mol. The Morgan fingerprint density at radius 3 is 2.94 bits per heavy atom. The second-order valence-corrected chi connectivity index (χ2v) is 5.36. The SMILES string of the molecule is COc1cc(NCc2scnc2C)ccc1Br. The van der Waals surface area contributed by atoms with E-state index in [0.29, 0.717) is 0 Å². The zero-order valence-corrected chi connectivity index (χ0v) is 12.1. The summed E-state index contributed by atoms with van der Waals surface area (Å²) in [6, 6.07) is 5.96. The number of hydrogen-bond acceptors (Lipinski definition) is 4. The third-order valence-electron chi connectivity index (χ3n) is 2.45. The highest BCUT2D eigenvalue weighted by Crippen LogP contribution is 2.28. The van der Waals surface area contributed by atoms with Gasteiger partial charge >= 0.3 is 0 Å². The molecule has 0 bridgehead atoms. The monoisotopic (exact) mass is 312 g/mol. The van der Waals surface area contributed by atoms with Crippen LogP contribution in [0.3, 0.4) is 0 Å². The number of halogens is 1. The van der Waals surface area contributed by atoms with Gasteiger partial charge in [-0.05, 0) is 35.0 Å². The van der Waals surface area contributed by atoms with Crippen LogP contribution in [0.4, 0.5) is 5.69 Å². The molecule has 0 saturated carbocycles. The Labute approximate surface area is 113 Å². The summed E-state index contributed by atoms with van der Waals surface area (Å²) in [5.41, 5.74) is 4.00. The minimum atomic E-state index is 0.793. The molecule has 17 heavy (non-hydrogen) atoms. The molecule has 0 aliphatic carbocycles. The van der Waals surface area contributed by atoms with Crippen LogP contribution in [0.15, 0.2) is 28.2 Å². The van der Waals surface area contributed by atoms with Gasteiger partial charge < -0.3 is 10.1 Å². The number of nitrogens with one attached hydrogen (secondary N) is 1. The van der Waals surface area contributed by atoms with Gasteiger partial charge in [-0.2, -0.15) is 0 Å². The Hall–Kier alpha value is -1.07. The van der Waals surface area contributed by atoms with Crippen molar-refractivity contribution in [3.05, 3.63) is 38.8 Å². The topological polar surface area (TPSA) is 34.1 Å². The lowest BCUT2D eigenvalue weighted by Crippen LogP contribution is -1.99. The van der Waals surface area contributed by atoms with Crippen molar-refractivity contribution in [2.75, 3.05) is 12.4 Å². The molecule has 2 aromatic rings. The van der Waals surface area contributed by atoms with E-state index in [1.165, 1.54) is 4.88 Å². The second kappa shape index (κ2) is 5.51. The fourth-order valence-corrected chi connectivity index (χ4v) is 2.57. The van der Waals surface area contributed by atoms with Crippen LogP contribution in [0.25, 0.3) is 0 Å². The molecule has 0 amide bonds. The summed E-state index contributed by atoms with van der Waals surface area (Å²) in [4.78, 5) is 5.48. The van der Waals surface area contributed by atoms with E-state index in [1.807, 2.05) is 30.6 Å². The van der Waals surface area contributed by atoms with Crippen molar-refractivity contribution in [2.24, 2.45) is 0 Å². The van der Waals surface area contributed by atoms with Crippen LogP contribution < -0.4 is 10.1 Å². The maximum atomic E-state index is 5.25. The average Bonchev–Trinajstić information content (AvgIpc) is 2.74. The molecule has 0 spiro atoms. The largest absolute Gasteiger partial charge is 0.495 e. The number of hydrogen-bond donors (Lipinski definition) is 1. The molecular formula is C12H13BrN2OS. The Balaban J connectivity index is 2.07. The molecule has 1 aromatic heterocycles. The predicted octanol–water partition coefficient (Wildman–Crippen LogP) is 3.83. The Bertz CT molecular complexity index is 513. The van der Waals surface area contributed by atoms with E-state index < -0.39 is 0 Å². The summed E-state index contributed by atoms with van der Waals surface area (Å²) < 4.78 is 6.21. The first-order valence-electron chi connectivity index (χ1n) is 5.17. The van der Waals surface area contributed by atoms with Gasteiger partial charge in [-0.25, -0.2) is 4.98 Å². The Kier molecular flexibility index (Phi) is 4.02. The number of benzene rings is 1. The van der Waals surface area contributed by atoms with Gasteiger partial charge in [0.05, 0.1) is 29.3 Å². The fourth-order valence-electron chi connectivity index (χ4n) is 1.45. The molecule has 1 heterocycles. The van der Waals surface area contributed by atoms with Gasteiger partial charge in [-0.1, -0.05) is 0 Å². The third-order valence-corrected chi connectivity index (χ3v) is 4.04. The van der Waals surface area contributed by atoms with Crippen LogP contribution >= 0.6 is 27.3 Å². The average molecular weight is 313 g/mol. The molecule has 3 nitrogen and oxygen atoms in total. The smallest absolute Gasteiger partial charge is 0.135 e. The van der Waals surface area contributed by atoms with Gasteiger partial charge in [0, 0.05) is 16.6 Å². The summed E-state index contributed by atoms with van der Waals surface area (Å²) in [7, 11) is 1.66. The van der Waals surface area contributed by atoms with E-state index in [1.54, 1.807) is 18.4 Å². The van der Waals surface area contributed by atoms with E-state index in [-0.39, 0.29) is 0 Å². The first-order chi connectivity index (χ1) is 8.20. The number of ether oxygens (including phenoxy) is 1.